The van der Waals surface area contributed by atoms with Gasteiger partial charge in [-0.1, -0.05) is 29.8 Å². The number of hydrogen-bond acceptors (Lipinski definition) is 1. The van der Waals surface area contributed by atoms with E-state index in [0.29, 0.717) is 0 Å². The predicted octanol–water partition coefficient (Wildman–Crippen LogP) is 3.76. The second kappa shape index (κ2) is 3.22. The number of rotatable bonds is 0. The van der Waals surface area contributed by atoms with E-state index in [9.17, 15) is 0 Å². The Morgan fingerprint density at radius 2 is 1.94 bits per heavy atom. The lowest BCUT2D eigenvalue weighted by molar-refractivity contribution is 0.932. The maximum Gasteiger partial charge on any atom is 0.0875 e. The molecule has 80 valence electrons. The lowest BCUT2D eigenvalue weighted by Gasteiger charge is -2.00. The molecule has 0 N–H and O–H groups in total. The number of para-hydroxylation sites is 1. The van der Waals surface area contributed by atoms with Crippen LogP contribution in [0.3, 0.4) is 0 Å². The summed E-state index contributed by atoms with van der Waals surface area (Å²) >= 11 is 6.28. The zero-order chi connectivity index (χ0) is 11.3. The van der Waals surface area contributed by atoms with E-state index >= 15 is 0 Å². The van der Waals surface area contributed by atoms with Crippen LogP contribution in [0, 0.1) is 13.8 Å². The first-order valence-electron chi connectivity index (χ1n) is 5.21. The number of nitrogens with zero attached hydrogens (tertiary/aromatic N) is 2. The molecule has 2 heterocycles. The van der Waals surface area contributed by atoms with Crippen LogP contribution >= 0.6 is 11.6 Å². The number of aromatic nitrogens is 2. The highest BCUT2D eigenvalue weighted by molar-refractivity contribution is 6.34. The van der Waals surface area contributed by atoms with Gasteiger partial charge in [0.05, 0.1) is 21.7 Å². The van der Waals surface area contributed by atoms with Crippen molar-refractivity contribution in [2.45, 2.75) is 13.8 Å². The Morgan fingerprint density at radius 1 is 1.19 bits per heavy atom. The number of benzene rings is 1. The van der Waals surface area contributed by atoms with E-state index in [4.69, 9.17) is 11.6 Å². The molecule has 1 aromatic carbocycles. The highest BCUT2D eigenvalue weighted by Crippen LogP contribution is 2.29. The highest BCUT2D eigenvalue weighted by Gasteiger charge is 2.11. The molecule has 0 fully saturated rings. The van der Waals surface area contributed by atoms with Gasteiger partial charge in [0.2, 0.25) is 0 Å². The molecule has 3 aromatic rings. The van der Waals surface area contributed by atoms with Crippen molar-refractivity contribution < 1.29 is 0 Å². The molecule has 2 nitrogen and oxygen atoms in total. The topological polar surface area (TPSA) is 17.3 Å². The molecule has 0 bridgehead atoms. The van der Waals surface area contributed by atoms with Crippen molar-refractivity contribution >= 4 is 28.0 Å². The smallest absolute Gasteiger partial charge is 0.0875 e. The van der Waals surface area contributed by atoms with Gasteiger partial charge in [0.1, 0.15) is 0 Å². The molecule has 0 spiro atoms. The number of hydrogen-bond donors (Lipinski definition) is 0. The zero-order valence-electron chi connectivity index (χ0n) is 9.16. The molecule has 0 aliphatic rings. The Hall–Kier alpha value is -1.54. The molecule has 0 radical (unpaired) electrons. The van der Waals surface area contributed by atoms with Gasteiger partial charge >= 0.3 is 0 Å². The van der Waals surface area contributed by atoms with E-state index in [2.05, 4.69) is 24.2 Å². The van der Waals surface area contributed by atoms with E-state index < -0.39 is 0 Å². The second-order valence-corrected chi connectivity index (χ2v) is 4.44. The summed E-state index contributed by atoms with van der Waals surface area (Å²) in [5.74, 6) is 0. The third kappa shape index (κ3) is 1.17. The minimum Gasteiger partial charge on any atom is -0.231 e. The number of halogens is 1. The lowest BCUT2D eigenvalue weighted by Crippen LogP contribution is -1.94. The van der Waals surface area contributed by atoms with Crippen LogP contribution in [-0.2, 0) is 0 Å². The van der Waals surface area contributed by atoms with E-state index in [-0.39, 0.29) is 0 Å². The van der Waals surface area contributed by atoms with Gasteiger partial charge < -0.3 is 0 Å². The minimum absolute atomic E-state index is 0.765. The molecule has 0 atom stereocenters. The monoisotopic (exact) mass is 230 g/mol. The first kappa shape index (κ1) is 9.67. The fourth-order valence-electron chi connectivity index (χ4n) is 2.20. The third-order valence-electron chi connectivity index (χ3n) is 2.92. The van der Waals surface area contributed by atoms with E-state index in [1.807, 2.05) is 29.6 Å². The van der Waals surface area contributed by atoms with E-state index in [1.54, 1.807) is 0 Å². The maximum absolute atomic E-state index is 6.28. The Balaban J connectivity index is 2.67. The fraction of sp³-hybridized carbons (Fsp3) is 0.154. The van der Waals surface area contributed by atoms with Crippen molar-refractivity contribution in [1.82, 2.24) is 9.61 Å². The molecule has 0 saturated heterocycles. The van der Waals surface area contributed by atoms with Crippen LogP contribution in [0.5, 0.6) is 0 Å². The van der Waals surface area contributed by atoms with Crippen molar-refractivity contribution in [2.75, 3.05) is 0 Å². The molecule has 3 heteroatoms. The Labute approximate surface area is 98.5 Å². The first-order chi connectivity index (χ1) is 7.68. The SMILES string of the molecule is Cc1cc(Cl)c2c(C)c3ccccc3n2n1. The van der Waals surface area contributed by atoms with Crippen LogP contribution in [0.4, 0.5) is 0 Å². The standard InChI is InChI=1S/C13H11ClN2/c1-8-7-11(14)13-9(2)10-5-3-4-6-12(10)16(13)15-8/h3-7H,1-2H3. The molecular formula is C13H11ClN2. The van der Waals surface area contributed by atoms with Crippen molar-refractivity contribution in [3.63, 3.8) is 0 Å². The highest BCUT2D eigenvalue weighted by atomic mass is 35.5. The molecular weight excluding hydrogens is 220 g/mol. The molecule has 2 aromatic heterocycles. The van der Waals surface area contributed by atoms with Gasteiger partial charge in [0.15, 0.2) is 0 Å². The van der Waals surface area contributed by atoms with Crippen LogP contribution in [0.15, 0.2) is 30.3 Å². The predicted molar refractivity (Wildman–Crippen MR) is 67.2 cm³/mol. The van der Waals surface area contributed by atoms with Gasteiger partial charge in [-0.2, -0.15) is 5.10 Å². The summed E-state index contributed by atoms with van der Waals surface area (Å²) in [6, 6.07) is 10.1. The Bertz CT molecular complexity index is 698. The van der Waals surface area contributed by atoms with Gasteiger partial charge in [-0.25, -0.2) is 4.52 Å². The van der Waals surface area contributed by atoms with Gasteiger partial charge in [-0.3, -0.25) is 0 Å². The molecule has 0 saturated carbocycles. The number of aryl methyl sites for hydroxylation is 2. The summed E-state index contributed by atoms with van der Waals surface area (Å²) in [7, 11) is 0. The summed E-state index contributed by atoms with van der Waals surface area (Å²) in [4.78, 5) is 0. The van der Waals surface area contributed by atoms with Crippen LogP contribution in [0.1, 0.15) is 11.3 Å². The van der Waals surface area contributed by atoms with Gasteiger partial charge in [-0.15, -0.1) is 0 Å². The minimum atomic E-state index is 0.765. The second-order valence-electron chi connectivity index (χ2n) is 4.04. The van der Waals surface area contributed by atoms with Gasteiger partial charge in [0, 0.05) is 5.39 Å². The molecule has 3 rings (SSSR count). The Morgan fingerprint density at radius 3 is 2.75 bits per heavy atom. The van der Waals surface area contributed by atoms with E-state index in [0.717, 1.165) is 21.7 Å². The molecule has 0 aliphatic heterocycles. The fourth-order valence-corrected chi connectivity index (χ4v) is 2.58. The van der Waals surface area contributed by atoms with Crippen LogP contribution < -0.4 is 0 Å². The van der Waals surface area contributed by atoms with Crippen molar-refractivity contribution in [2.24, 2.45) is 0 Å². The average molecular weight is 231 g/mol. The zero-order valence-corrected chi connectivity index (χ0v) is 9.92. The molecule has 0 aliphatic carbocycles. The van der Waals surface area contributed by atoms with Crippen LogP contribution in [-0.4, -0.2) is 9.61 Å². The van der Waals surface area contributed by atoms with E-state index in [1.165, 1.54) is 10.9 Å². The molecule has 0 amide bonds. The van der Waals surface area contributed by atoms with Crippen molar-refractivity contribution in [1.29, 1.82) is 0 Å². The Kier molecular flexibility index (Phi) is 1.95. The first-order valence-corrected chi connectivity index (χ1v) is 5.59. The summed E-state index contributed by atoms with van der Waals surface area (Å²) in [6.07, 6.45) is 0. The summed E-state index contributed by atoms with van der Waals surface area (Å²) < 4.78 is 1.93. The summed E-state index contributed by atoms with van der Waals surface area (Å²) in [5.41, 5.74) is 4.24. The quantitative estimate of drug-likeness (QED) is 0.575. The molecule has 16 heavy (non-hydrogen) atoms. The van der Waals surface area contributed by atoms with Gasteiger partial charge in [-0.05, 0) is 31.5 Å². The van der Waals surface area contributed by atoms with Gasteiger partial charge in [0.25, 0.3) is 0 Å². The number of fused-ring (bicyclic) bond motifs is 3. The van der Waals surface area contributed by atoms with Crippen LogP contribution in [0.2, 0.25) is 5.02 Å². The summed E-state index contributed by atoms with van der Waals surface area (Å²) in [6.45, 7) is 4.04. The van der Waals surface area contributed by atoms with Crippen LogP contribution in [0.25, 0.3) is 16.4 Å². The normalized spacial score (nSPS) is 11.4. The molecule has 0 unspecified atom stereocenters. The lowest BCUT2D eigenvalue weighted by atomic mass is 10.2. The van der Waals surface area contributed by atoms with Crippen molar-refractivity contribution in [3.05, 3.63) is 46.6 Å². The maximum atomic E-state index is 6.28. The summed E-state index contributed by atoms with van der Waals surface area (Å²) in [5, 5.41) is 6.49. The largest absolute Gasteiger partial charge is 0.231 e. The average Bonchev–Trinajstić information content (AvgIpc) is 2.54. The van der Waals surface area contributed by atoms with Crippen molar-refractivity contribution in [3.8, 4) is 0 Å². The third-order valence-corrected chi connectivity index (χ3v) is 3.21.